The maximum atomic E-state index is 13.9. The molecule has 1 N–H and O–H groups in total. The van der Waals surface area contributed by atoms with Crippen LogP contribution < -0.4 is 4.72 Å². The van der Waals surface area contributed by atoms with Crippen LogP contribution in [0.25, 0.3) is 0 Å². The first kappa shape index (κ1) is 20.7. The molecule has 2 aromatic rings. The molecular formula is C19H19F2N3O4S. The lowest BCUT2D eigenvalue weighted by Gasteiger charge is -2.35. The summed E-state index contributed by atoms with van der Waals surface area (Å²) >= 11 is 0. The Balaban J connectivity index is 1.66. The quantitative estimate of drug-likeness (QED) is 0.735. The third kappa shape index (κ3) is 4.53. The Morgan fingerprint density at radius 3 is 2.17 bits per heavy atom. The molecule has 3 rings (SSSR count). The minimum Gasteiger partial charge on any atom is -0.335 e. The molecule has 0 aromatic heterocycles. The number of amides is 2. The van der Waals surface area contributed by atoms with Crippen LogP contribution in [0.5, 0.6) is 0 Å². The van der Waals surface area contributed by atoms with Crippen LogP contribution in [0.3, 0.4) is 0 Å². The van der Waals surface area contributed by atoms with Crippen LogP contribution in [0.4, 0.5) is 14.5 Å². The van der Waals surface area contributed by atoms with Crippen LogP contribution in [-0.2, 0) is 10.9 Å². The predicted octanol–water partition coefficient (Wildman–Crippen LogP) is 1.81. The molecule has 1 aliphatic rings. The van der Waals surface area contributed by atoms with Crippen LogP contribution in [-0.4, -0.2) is 56.2 Å². The Hall–Kier alpha value is -3.01. The fourth-order valence-electron chi connectivity index (χ4n) is 3.16. The molecule has 0 radical (unpaired) electrons. The standard InChI is InChI=1S/C19H19F2N3O4S/c1-12-11-13(5-6-16(12)22-29(27)28)18(25)23-7-9-24(10-8-23)19(26)14-3-2-4-15(20)17(14)21/h2-6,11,29H,7-10H2,1H3,(H,22,27,28). The maximum absolute atomic E-state index is 13.9. The van der Waals surface area contributed by atoms with Crippen molar-refractivity contribution in [2.75, 3.05) is 30.9 Å². The summed E-state index contributed by atoms with van der Waals surface area (Å²) in [5, 5.41) is 0. The van der Waals surface area contributed by atoms with Crippen molar-refractivity contribution in [3.63, 3.8) is 0 Å². The minimum atomic E-state index is -2.80. The zero-order valence-corrected chi connectivity index (χ0v) is 16.4. The van der Waals surface area contributed by atoms with Crippen LogP contribution in [0, 0.1) is 18.6 Å². The number of nitrogens with zero attached hydrogens (tertiary/aromatic N) is 2. The van der Waals surface area contributed by atoms with E-state index < -0.39 is 28.4 Å². The van der Waals surface area contributed by atoms with Gasteiger partial charge in [0.15, 0.2) is 11.6 Å². The molecule has 1 heterocycles. The van der Waals surface area contributed by atoms with Gasteiger partial charge in [-0.05, 0) is 42.8 Å². The van der Waals surface area contributed by atoms with Crippen LogP contribution in [0.2, 0.25) is 0 Å². The minimum absolute atomic E-state index is 0.190. The molecule has 0 aliphatic carbocycles. The fourth-order valence-corrected chi connectivity index (χ4v) is 3.60. The number of halogens is 2. The van der Waals surface area contributed by atoms with E-state index in [-0.39, 0.29) is 37.6 Å². The van der Waals surface area contributed by atoms with E-state index in [2.05, 4.69) is 4.72 Å². The lowest BCUT2D eigenvalue weighted by atomic mass is 10.1. The molecule has 0 bridgehead atoms. The van der Waals surface area contributed by atoms with Crippen LogP contribution in [0.1, 0.15) is 26.3 Å². The number of hydrogen-bond donors (Lipinski definition) is 2. The first-order chi connectivity index (χ1) is 13.8. The molecule has 1 saturated heterocycles. The highest BCUT2D eigenvalue weighted by atomic mass is 32.2. The Bertz CT molecular complexity index is 1030. The molecule has 0 spiro atoms. The average Bonchev–Trinajstić information content (AvgIpc) is 2.70. The predicted molar refractivity (Wildman–Crippen MR) is 103 cm³/mol. The molecule has 29 heavy (non-hydrogen) atoms. The molecule has 1 fully saturated rings. The van der Waals surface area contributed by atoms with Crippen LogP contribution >= 0.6 is 0 Å². The van der Waals surface area contributed by atoms with Gasteiger partial charge in [-0.1, -0.05) is 6.07 Å². The van der Waals surface area contributed by atoms with Crippen molar-refractivity contribution in [2.24, 2.45) is 0 Å². The fraction of sp³-hybridized carbons (Fsp3) is 0.263. The number of hydrogen-bond acceptors (Lipinski definition) is 4. The second kappa shape index (κ2) is 8.56. The van der Waals surface area contributed by atoms with Gasteiger partial charge >= 0.3 is 0 Å². The summed E-state index contributed by atoms with van der Waals surface area (Å²) < 4.78 is 51.1. The second-order valence-electron chi connectivity index (χ2n) is 6.58. The van der Waals surface area contributed by atoms with Gasteiger partial charge < -0.3 is 9.80 Å². The van der Waals surface area contributed by atoms with E-state index in [1.165, 1.54) is 29.2 Å². The molecule has 1 aliphatic heterocycles. The number of benzene rings is 2. The van der Waals surface area contributed by atoms with Crippen molar-refractivity contribution in [3.8, 4) is 0 Å². The molecule has 2 amide bonds. The number of anilines is 1. The number of thiol groups is 1. The van der Waals surface area contributed by atoms with E-state index in [1.54, 1.807) is 17.9 Å². The Labute approximate surface area is 168 Å². The third-order valence-corrected chi connectivity index (χ3v) is 5.14. The van der Waals surface area contributed by atoms with Crippen molar-refractivity contribution < 1.29 is 26.8 Å². The van der Waals surface area contributed by atoms with Gasteiger partial charge in [0.2, 0.25) is 10.9 Å². The normalized spacial score (nSPS) is 14.2. The van der Waals surface area contributed by atoms with Gasteiger partial charge in [0.05, 0.1) is 11.3 Å². The van der Waals surface area contributed by atoms with Crippen molar-refractivity contribution in [2.45, 2.75) is 6.92 Å². The molecule has 2 aromatic carbocycles. The van der Waals surface area contributed by atoms with E-state index in [1.807, 2.05) is 0 Å². The molecule has 0 atom stereocenters. The molecular weight excluding hydrogens is 404 g/mol. The molecule has 10 heteroatoms. The number of carbonyl (C=O) groups is 2. The molecule has 0 saturated carbocycles. The van der Waals surface area contributed by atoms with Crippen molar-refractivity contribution in [1.29, 1.82) is 0 Å². The summed E-state index contributed by atoms with van der Waals surface area (Å²) in [7, 11) is -2.80. The van der Waals surface area contributed by atoms with Gasteiger partial charge in [0.1, 0.15) is 0 Å². The van der Waals surface area contributed by atoms with E-state index in [4.69, 9.17) is 0 Å². The molecule has 7 nitrogen and oxygen atoms in total. The van der Waals surface area contributed by atoms with Gasteiger partial charge in [-0.3, -0.25) is 14.3 Å². The number of piperazine rings is 1. The zero-order chi connectivity index (χ0) is 21.1. The molecule has 154 valence electrons. The summed E-state index contributed by atoms with van der Waals surface area (Å²) in [5.74, 6) is -3.14. The van der Waals surface area contributed by atoms with E-state index in [9.17, 15) is 26.8 Å². The van der Waals surface area contributed by atoms with Gasteiger partial charge in [-0.25, -0.2) is 17.2 Å². The lowest BCUT2D eigenvalue weighted by molar-refractivity contribution is 0.0532. The highest BCUT2D eigenvalue weighted by molar-refractivity contribution is 7.73. The van der Waals surface area contributed by atoms with Crippen molar-refractivity contribution in [3.05, 3.63) is 64.7 Å². The summed E-state index contributed by atoms with van der Waals surface area (Å²) in [6.45, 7) is 2.55. The SMILES string of the molecule is Cc1cc(C(=O)N2CCN(C(=O)c3cccc(F)c3F)CC2)ccc1N[SH](=O)=O. The van der Waals surface area contributed by atoms with Crippen molar-refractivity contribution in [1.82, 2.24) is 9.80 Å². The molecule has 0 unspecified atom stereocenters. The van der Waals surface area contributed by atoms with E-state index in [0.29, 0.717) is 16.8 Å². The highest BCUT2D eigenvalue weighted by Gasteiger charge is 2.27. The summed E-state index contributed by atoms with van der Waals surface area (Å²) in [5.41, 5.74) is 1.06. The van der Waals surface area contributed by atoms with Crippen LogP contribution in [0.15, 0.2) is 36.4 Å². The number of rotatable bonds is 4. The van der Waals surface area contributed by atoms with Crippen molar-refractivity contribution >= 4 is 28.4 Å². The monoisotopic (exact) mass is 423 g/mol. The first-order valence-corrected chi connectivity index (χ1v) is 10.00. The average molecular weight is 423 g/mol. The highest BCUT2D eigenvalue weighted by Crippen LogP contribution is 2.19. The Kier molecular flexibility index (Phi) is 6.12. The summed E-state index contributed by atoms with van der Waals surface area (Å²) in [6, 6.07) is 8.07. The second-order valence-corrected chi connectivity index (χ2v) is 7.32. The third-order valence-electron chi connectivity index (χ3n) is 4.72. The summed E-state index contributed by atoms with van der Waals surface area (Å²) in [6.07, 6.45) is 0. The Morgan fingerprint density at radius 2 is 1.59 bits per heavy atom. The van der Waals surface area contributed by atoms with Gasteiger partial charge in [0, 0.05) is 31.7 Å². The number of carbonyl (C=O) groups excluding carboxylic acids is 2. The summed E-state index contributed by atoms with van der Waals surface area (Å²) in [4.78, 5) is 28.1. The van der Waals surface area contributed by atoms with Gasteiger partial charge in [-0.15, -0.1) is 0 Å². The lowest BCUT2D eigenvalue weighted by Crippen LogP contribution is -2.50. The number of aryl methyl sites for hydroxylation is 1. The van der Waals surface area contributed by atoms with E-state index >= 15 is 0 Å². The topological polar surface area (TPSA) is 86.8 Å². The zero-order valence-electron chi connectivity index (χ0n) is 15.5. The van der Waals surface area contributed by atoms with E-state index in [0.717, 1.165) is 6.07 Å². The smallest absolute Gasteiger partial charge is 0.257 e. The Morgan fingerprint density at radius 1 is 0.966 bits per heavy atom. The largest absolute Gasteiger partial charge is 0.335 e. The maximum Gasteiger partial charge on any atom is 0.257 e. The first-order valence-electron chi connectivity index (χ1n) is 8.82. The number of nitrogens with one attached hydrogen (secondary N) is 1. The van der Waals surface area contributed by atoms with Gasteiger partial charge in [0.25, 0.3) is 11.8 Å². The van der Waals surface area contributed by atoms with Gasteiger partial charge in [-0.2, -0.15) is 0 Å².